The van der Waals surface area contributed by atoms with Crippen molar-refractivity contribution in [2.24, 2.45) is 0 Å². The van der Waals surface area contributed by atoms with Gasteiger partial charge in [-0.05, 0) is 33.6 Å². The Morgan fingerprint density at radius 3 is 2.43 bits per heavy atom. The standard InChI is InChI=1S/C13H15BrClF3N2.ClH/c14-10-7-9(1-2-11(10)15)12(8-13(16,17)18)20-5-3-19-4-6-20;/h1-2,7,12,19H,3-6,8H2;1H/t12-;/m1./s1. The second-order valence-corrected chi connectivity index (χ2v) is 6.06. The zero-order valence-electron chi connectivity index (χ0n) is 11.1. The van der Waals surface area contributed by atoms with Crippen molar-refractivity contribution >= 4 is 39.9 Å². The Bertz CT molecular complexity index is 465. The second-order valence-electron chi connectivity index (χ2n) is 4.79. The minimum Gasteiger partial charge on any atom is -0.314 e. The lowest BCUT2D eigenvalue weighted by atomic mass is 10.0. The van der Waals surface area contributed by atoms with Crippen molar-refractivity contribution < 1.29 is 13.2 Å². The van der Waals surface area contributed by atoms with Crippen molar-refractivity contribution in [3.8, 4) is 0 Å². The molecule has 1 fully saturated rings. The summed E-state index contributed by atoms with van der Waals surface area (Å²) in [7, 11) is 0. The average molecular weight is 408 g/mol. The molecular formula is C13H16BrCl2F3N2. The number of piperazine rings is 1. The molecular weight excluding hydrogens is 392 g/mol. The van der Waals surface area contributed by atoms with Gasteiger partial charge in [-0.2, -0.15) is 13.2 Å². The van der Waals surface area contributed by atoms with Crippen molar-refractivity contribution in [3.05, 3.63) is 33.3 Å². The first kappa shape index (κ1) is 19.0. The van der Waals surface area contributed by atoms with Crippen molar-refractivity contribution in [1.29, 1.82) is 0 Å². The van der Waals surface area contributed by atoms with E-state index in [1.54, 1.807) is 18.2 Å². The molecule has 8 heteroatoms. The predicted octanol–water partition coefficient (Wildman–Crippen LogP) is 4.42. The van der Waals surface area contributed by atoms with E-state index < -0.39 is 18.6 Å². The molecule has 1 N–H and O–H groups in total. The van der Waals surface area contributed by atoms with Crippen molar-refractivity contribution in [2.45, 2.75) is 18.6 Å². The topological polar surface area (TPSA) is 15.3 Å². The van der Waals surface area contributed by atoms with Gasteiger partial charge in [-0.1, -0.05) is 17.7 Å². The van der Waals surface area contributed by atoms with Crippen LogP contribution in [-0.4, -0.2) is 37.3 Å². The first-order valence-electron chi connectivity index (χ1n) is 6.33. The fraction of sp³-hybridized carbons (Fsp3) is 0.538. The van der Waals surface area contributed by atoms with E-state index in [0.717, 1.165) is 0 Å². The Labute approximate surface area is 141 Å². The summed E-state index contributed by atoms with van der Waals surface area (Å²) in [5.74, 6) is 0. The molecule has 2 nitrogen and oxygen atoms in total. The normalized spacial score (nSPS) is 18.1. The van der Waals surface area contributed by atoms with Crippen LogP contribution in [-0.2, 0) is 0 Å². The molecule has 2 rings (SSSR count). The van der Waals surface area contributed by atoms with Crippen LogP contribution in [0.4, 0.5) is 13.2 Å². The smallest absolute Gasteiger partial charge is 0.314 e. The van der Waals surface area contributed by atoms with Crippen molar-refractivity contribution in [1.82, 2.24) is 10.2 Å². The van der Waals surface area contributed by atoms with E-state index in [9.17, 15) is 13.2 Å². The number of hydrogen-bond acceptors (Lipinski definition) is 2. The number of benzene rings is 1. The van der Waals surface area contributed by atoms with Crippen LogP contribution in [0.2, 0.25) is 5.02 Å². The van der Waals surface area contributed by atoms with Gasteiger partial charge >= 0.3 is 6.18 Å². The van der Waals surface area contributed by atoms with Gasteiger partial charge in [0.2, 0.25) is 0 Å². The van der Waals surface area contributed by atoms with Crippen LogP contribution >= 0.6 is 39.9 Å². The van der Waals surface area contributed by atoms with Crippen LogP contribution < -0.4 is 5.32 Å². The van der Waals surface area contributed by atoms with Gasteiger partial charge in [0.15, 0.2) is 0 Å². The summed E-state index contributed by atoms with van der Waals surface area (Å²) >= 11 is 9.19. The Kier molecular flexibility index (Phi) is 7.27. The molecule has 0 unspecified atom stereocenters. The lowest BCUT2D eigenvalue weighted by Gasteiger charge is -2.35. The van der Waals surface area contributed by atoms with E-state index in [4.69, 9.17) is 11.6 Å². The molecule has 0 radical (unpaired) electrons. The van der Waals surface area contributed by atoms with Gasteiger partial charge < -0.3 is 5.32 Å². The number of nitrogens with one attached hydrogen (secondary N) is 1. The quantitative estimate of drug-likeness (QED) is 0.797. The Balaban J connectivity index is 0.00000220. The maximum absolute atomic E-state index is 12.8. The van der Waals surface area contributed by atoms with Crippen molar-refractivity contribution in [3.63, 3.8) is 0 Å². The first-order chi connectivity index (χ1) is 9.37. The molecule has 120 valence electrons. The van der Waals surface area contributed by atoms with Crippen LogP contribution in [0, 0.1) is 0 Å². The van der Waals surface area contributed by atoms with E-state index in [1.165, 1.54) is 0 Å². The average Bonchev–Trinajstić information content (AvgIpc) is 2.39. The Morgan fingerprint density at radius 2 is 1.90 bits per heavy atom. The highest BCUT2D eigenvalue weighted by Gasteiger charge is 2.36. The lowest BCUT2D eigenvalue weighted by Crippen LogP contribution is -2.46. The summed E-state index contributed by atoms with van der Waals surface area (Å²) in [4.78, 5) is 1.87. The largest absolute Gasteiger partial charge is 0.390 e. The predicted molar refractivity (Wildman–Crippen MR) is 84.3 cm³/mol. The first-order valence-corrected chi connectivity index (χ1v) is 7.50. The van der Waals surface area contributed by atoms with Crippen LogP contribution in [0.3, 0.4) is 0 Å². The van der Waals surface area contributed by atoms with E-state index >= 15 is 0 Å². The molecule has 0 aromatic heterocycles. The summed E-state index contributed by atoms with van der Waals surface area (Å²) in [5.41, 5.74) is 0.639. The molecule has 1 heterocycles. The number of hydrogen-bond donors (Lipinski definition) is 1. The van der Waals surface area contributed by atoms with Crippen LogP contribution in [0.5, 0.6) is 0 Å². The van der Waals surface area contributed by atoms with Gasteiger partial charge in [0.25, 0.3) is 0 Å². The van der Waals surface area contributed by atoms with Gasteiger partial charge in [0.1, 0.15) is 0 Å². The molecule has 0 spiro atoms. The maximum Gasteiger partial charge on any atom is 0.390 e. The molecule has 1 aromatic rings. The van der Waals surface area contributed by atoms with Gasteiger partial charge in [0.05, 0.1) is 11.4 Å². The lowest BCUT2D eigenvalue weighted by molar-refractivity contribution is -0.148. The molecule has 0 saturated carbocycles. The minimum absolute atomic E-state index is 0. The Hall–Kier alpha value is -0.0100. The zero-order valence-corrected chi connectivity index (χ0v) is 14.2. The van der Waals surface area contributed by atoms with Gasteiger partial charge in [-0.15, -0.1) is 12.4 Å². The maximum atomic E-state index is 12.8. The van der Waals surface area contributed by atoms with E-state index in [-0.39, 0.29) is 12.4 Å². The van der Waals surface area contributed by atoms with Crippen LogP contribution in [0.15, 0.2) is 22.7 Å². The van der Waals surface area contributed by atoms with Crippen LogP contribution in [0.25, 0.3) is 0 Å². The SMILES string of the molecule is Cl.FC(F)(F)C[C@H](c1ccc(Cl)c(Br)c1)N1CCNCC1. The second kappa shape index (κ2) is 8.02. The highest BCUT2D eigenvalue weighted by Crippen LogP contribution is 2.36. The molecule has 1 saturated heterocycles. The number of rotatable bonds is 3. The molecule has 0 amide bonds. The Morgan fingerprint density at radius 1 is 1.29 bits per heavy atom. The van der Waals surface area contributed by atoms with E-state index in [0.29, 0.717) is 41.2 Å². The highest BCUT2D eigenvalue weighted by atomic mass is 79.9. The number of halogens is 6. The molecule has 0 aliphatic carbocycles. The molecule has 0 bridgehead atoms. The molecule has 1 aliphatic heterocycles. The monoisotopic (exact) mass is 406 g/mol. The fourth-order valence-corrected chi connectivity index (χ4v) is 2.90. The van der Waals surface area contributed by atoms with Crippen molar-refractivity contribution in [2.75, 3.05) is 26.2 Å². The highest BCUT2D eigenvalue weighted by molar-refractivity contribution is 9.10. The van der Waals surface area contributed by atoms with Gasteiger partial charge in [-0.3, -0.25) is 4.90 Å². The van der Waals surface area contributed by atoms with Gasteiger partial charge in [-0.25, -0.2) is 0 Å². The molecule has 1 aromatic carbocycles. The third kappa shape index (κ3) is 5.60. The summed E-state index contributed by atoms with van der Waals surface area (Å²) < 4.78 is 39.2. The summed E-state index contributed by atoms with van der Waals surface area (Å²) in [5, 5.41) is 3.65. The minimum atomic E-state index is -4.19. The fourth-order valence-electron chi connectivity index (χ4n) is 2.39. The summed E-state index contributed by atoms with van der Waals surface area (Å²) in [6.45, 7) is 2.65. The zero-order chi connectivity index (χ0) is 14.8. The van der Waals surface area contributed by atoms with Crippen LogP contribution in [0.1, 0.15) is 18.0 Å². The van der Waals surface area contributed by atoms with E-state index in [2.05, 4.69) is 21.2 Å². The van der Waals surface area contributed by atoms with Gasteiger partial charge in [0, 0.05) is 36.7 Å². The third-order valence-electron chi connectivity index (χ3n) is 3.35. The summed E-state index contributed by atoms with van der Waals surface area (Å²) in [6.07, 6.45) is -5.04. The third-order valence-corrected chi connectivity index (χ3v) is 4.56. The molecule has 1 atom stereocenters. The van der Waals surface area contributed by atoms with E-state index in [1.807, 2.05) is 4.90 Å². The number of alkyl halides is 3. The molecule has 21 heavy (non-hydrogen) atoms. The number of nitrogens with zero attached hydrogens (tertiary/aromatic N) is 1. The summed E-state index contributed by atoms with van der Waals surface area (Å²) in [6, 6.07) is 4.32. The molecule has 1 aliphatic rings.